The Morgan fingerprint density at radius 1 is 0.560 bits per heavy atom. The number of aryl methyl sites for hydroxylation is 2. The van der Waals surface area contributed by atoms with E-state index in [0.717, 1.165) is 47.3 Å². The van der Waals surface area contributed by atoms with E-state index < -0.39 is 18.0 Å². The molecule has 1 atom stereocenters. The smallest absolute Gasteiger partial charge is 0.343 e. The van der Waals surface area contributed by atoms with Crippen LogP contribution < -0.4 is 14.2 Å². The van der Waals surface area contributed by atoms with Crippen molar-refractivity contribution >= 4 is 11.9 Å². The molecule has 274 valence electrons. The van der Waals surface area contributed by atoms with Gasteiger partial charge in [-0.15, -0.1) is 0 Å². The Kier molecular flexibility index (Phi) is 19.3. The molecule has 50 heavy (non-hydrogen) atoms. The molecular weight excluding hydrogens is 624 g/mol. The van der Waals surface area contributed by atoms with Crippen molar-refractivity contribution in [2.24, 2.45) is 0 Å². The number of benzene rings is 3. The third-order valence-electron chi connectivity index (χ3n) is 9.11. The normalized spacial score (nSPS) is 11.7. The van der Waals surface area contributed by atoms with Crippen LogP contribution in [-0.2, 0) is 9.53 Å². The zero-order chi connectivity index (χ0) is 36.0. The standard InChI is InChI=1S/C44H62O6/c1-6-8-10-12-14-15-16-17-19-21-31-48-42-34(3)32-39(33-35(42)4)44(46)50-41-28-24-38(25-29-41)37-22-26-40(27-23-37)49-43(45)36(5)47-30-20-18-13-11-9-7-2/h22-29,32-33,36H,6-21,30-31H2,1-5H3. The molecule has 0 fully saturated rings. The second-order valence-electron chi connectivity index (χ2n) is 13.6. The van der Waals surface area contributed by atoms with E-state index in [0.29, 0.717) is 30.3 Å². The Bertz CT molecular complexity index is 1370. The fourth-order valence-electron chi connectivity index (χ4n) is 6.07. The average molecular weight is 687 g/mol. The van der Waals surface area contributed by atoms with Crippen LogP contribution in [0.15, 0.2) is 60.7 Å². The van der Waals surface area contributed by atoms with Gasteiger partial charge in [0, 0.05) is 6.61 Å². The first-order valence-electron chi connectivity index (χ1n) is 19.3. The molecule has 0 spiro atoms. The molecule has 3 aromatic rings. The van der Waals surface area contributed by atoms with E-state index in [1.807, 2.05) is 50.2 Å². The molecule has 0 heterocycles. The molecule has 0 saturated carbocycles. The average Bonchev–Trinajstić information content (AvgIpc) is 3.11. The van der Waals surface area contributed by atoms with Crippen molar-refractivity contribution in [3.63, 3.8) is 0 Å². The third kappa shape index (κ3) is 15.1. The largest absolute Gasteiger partial charge is 0.493 e. The molecular formula is C44H62O6. The lowest BCUT2D eigenvalue weighted by atomic mass is 10.0. The molecule has 0 saturated heterocycles. The quantitative estimate of drug-likeness (QED) is 0.0502. The molecule has 0 bridgehead atoms. The predicted octanol–water partition coefficient (Wildman–Crippen LogP) is 12.2. The molecule has 0 N–H and O–H groups in total. The first-order valence-corrected chi connectivity index (χ1v) is 19.3. The van der Waals surface area contributed by atoms with Crippen LogP contribution in [0, 0.1) is 13.8 Å². The van der Waals surface area contributed by atoms with Crippen molar-refractivity contribution < 1.29 is 28.5 Å². The number of rotatable bonds is 25. The molecule has 3 aromatic carbocycles. The monoisotopic (exact) mass is 686 g/mol. The van der Waals surface area contributed by atoms with E-state index in [9.17, 15) is 9.59 Å². The minimum Gasteiger partial charge on any atom is -0.493 e. The van der Waals surface area contributed by atoms with Crippen molar-refractivity contribution in [2.45, 2.75) is 143 Å². The van der Waals surface area contributed by atoms with Crippen molar-refractivity contribution in [2.75, 3.05) is 13.2 Å². The Morgan fingerprint density at radius 3 is 1.46 bits per heavy atom. The van der Waals surface area contributed by atoms with Gasteiger partial charge >= 0.3 is 11.9 Å². The fourth-order valence-corrected chi connectivity index (χ4v) is 6.07. The molecule has 0 radical (unpaired) electrons. The van der Waals surface area contributed by atoms with Crippen molar-refractivity contribution in [1.29, 1.82) is 0 Å². The summed E-state index contributed by atoms with van der Waals surface area (Å²) in [7, 11) is 0. The van der Waals surface area contributed by atoms with Crippen molar-refractivity contribution in [1.82, 2.24) is 0 Å². The van der Waals surface area contributed by atoms with Gasteiger partial charge in [-0.05, 0) is 92.3 Å². The highest BCUT2D eigenvalue weighted by Crippen LogP contribution is 2.28. The lowest BCUT2D eigenvalue weighted by molar-refractivity contribution is -0.146. The zero-order valence-corrected chi connectivity index (χ0v) is 31.5. The molecule has 0 amide bonds. The number of carbonyl (C=O) groups excluding carboxylic acids is 2. The van der Waals surface area contributed by atoms with Crippen LogP contribution in [0.4, 0.5) is 0 Å². The van der Waals surface area contributed by atoms with Crippen LogP contribution in [-0.4, -0.2) is 31.3 Å². The molecule has 0 aliphatic rings. The van der Waals surface area contributed by atoms with Gasteiger partial charge < -0.3 is 18.9 Å². The summed E-state index contributed by atoms with van der Waals surface area (Å²) in [6, 6.07) is 18.4. The van der Waals surface area contributed by atoms with E-state index in [1.54, 1.807) is 31.2 Å². The van der Waals surface area contributed by atoms with E-state index >= 15 is 0 Å². The SMILES string of the molecule is CCCCCCCCCCCCOc1c(C)cc(C(=O)Oc2ccc(-c3ccc(OC(=O)C(C)OCCCCCCCC)cc3)cc2)cc1C. The predicted molar refractivity (Wildman–Crippen MR) is 205 cm³/mol. The number of carbonyl (C=O) groups is 2. The molecule has 6 nitrogen and oxygen atoms in total. The summed E-state index contributed by atoms with van der Waals surface area (Å²) in [5.74, 6) is 0.998. The lowest BCUT2D eigenvalue weighted by Crippen LogP contribution is -2.26. The maximum atomic E-state index is 13.0. The Morgan fingerprint density at radius 2 is 0.980 bits per heavy atom. The van der Waals surface area contributed by atoms with Gasteiger partial charge in [0.2, 0.25) is 0 Å². The molecule has 1 unspecified atom stereocenters. The van der Waals surface area contributed by atoms with Gasteiger partial charge in [-0.25, -0.2) is 9.59 Å². The Labute approximate surface area is 302 Å². The van der Waals surface area contributed by atoms with Gasteiger partial charge in [-0.1, -0.05) is 128 Å². The van der Waals surface area contributed by atoms with Gasteiger partial charge in [-0.3, -0.25) is 0 Å². The highest BCUT2D eigenvalue weighted by atomic mass is 16.6. The maximum Gasteiger partial charge on any atom is 0.343 e. The topological polar surface area (TPSA) is 71.1 Å². The second-order valence-corrected chi connectivity index (χ2v) is 13.6. The molecule has 6 heteroatoms. The fraction of sp³-hybridized carbons (Fsp3) is 0.545. The van der Waals surface area contributed by atoms with Crippen LogP contribution in [0.2, 0.25) is 0 Å². The minimum atomic E-state index is -0.612. The zero-order valence-electron chi connectivity index (χ0n) is 31.5. The third-order valence-corrected chi connectivity index (χ3v) is 9.11. The summed E-state index contributed by atoms with van der Waals surface area (Å²) in [6.45, 7) is 11.4. The first kappa shape index (κ1) is 40.8. The van der Waals surface area contributed by atoms with Gasteiger partial charge in [0.15, 0.2) is 6.10 Å². The maximum absolute atomic E-state index is 13.0. The molecule has 0 aliphatic carbocycles. The highest BCUT2D eigenvalue weighted by Gasteiger charge is 2.17. The second kappa shape index (κ2) is 23.7. The van der Waals surface area contributed by atoms with Gasteiger partial charge in [0.25, 0.3) is 0 Å². The number of ether oxygens (including phenoxy) is 4. The highest BCUT2D eigenvalue weighted by molar-refractivity contribution is 5.92. The summed E-state index contributed by atoms with van der Waals surface area (Å²) >= 11 is 0. The van der Waals surface area contributed by atoms with Gasteiger partial charge in [0.1, 0.15) is 17.2 Å². The number of hydrogen-bond donors (Lipinski definition) is 0. The number of unbranched alkanes of at least 4 members (excludes halogenated alkanes) is 14. The van der Waals surface area contributed by atoms with E-state index in [-0.39, 0.29) is 0 Å². The van der Waals surface area contributed by atoms with Crippen LogP contribution in [0.5, 0.6) is 17.2 Å². The molecule has 0 aromatic heterocycles. The van der Waals surface area contributed by atoms with Crippen LogP contribution in [0.3, 0.4) is 0 Å². The first-order chi connectivity index (χ1) is 24.3. The van der Waals surface area contributed by atoms with Gasteiger partial charge in [0.05, 0.1) is 12.2 Å². The van der Waals surface area contributed by atoms with E-state index in [1.165, 1.54) is 83.5 Å². The molecule has 3 rings (SSSR count). The summed E-state index contributed by atoms with van der Waals surface area (Å²) in [6.07, 6.45) is 19.4. The summed E-state index contributed by atoms with van der Waals surface area (Å²) in [4.78, 5) is 25.5. The number of esters is 2. The van der Waals surface area contributed by atoms with E-state index in [2.05, 4.69) is 13.8 Å². The molecule has 0 aliphatic heterocycles. The van der Waals surface area contributed by atoms with Crippen molar-refractivity contribution in [3.05, 3.63) is 77.4 Å². The summed E-state index contributed by atoms with van der Waals surface area (Å²) in [5, 5.41) is 0. The Hall–Kier alpha value is -3.64. The van der Waals surface area contributed by atoms with Crippen molar-refractivity contribution in [3.8, 4) is 28.4 Å². The van der Waals surface area contributed by atoms with Gasteiger partial charge in [-0.2, -0.15) is 0 Å². The lowest BCUT2D eigenvalue weighted by Gasteiger charge is -2.14. The van der Waals surface area contributed by atoms with Crippen LogP contribution in [0.1, 0.15) is 145 Å². The summed E-state index contributed by atoms with van der Waals surface area (Å²) < 4.78 is 23.1. The van der Waals surface area contributed by atoms with Crippen LogP contribution in [0.25, 0.3) is 11.1 Å². The van der Waals surface area contributed by atoms with Crippen LogP contribution >= 0.6 is 0 Å². The minimum absolute atomic E-state index is 0.396. The number of hydrogen-bond acceptors (Lipinski definition) is 6. The van der Waals surface area contributed by atoms with E-state index in [4.69, 9.17) is 18.9 Å². The summed E-state index contributed by atoms with van der Waals surface area (Å²) in [5.41, 5.74) is 4.28. The Balaban J connectivity index is 1.40.